The fourth-order valence-corrected chi connectivity index (χ4v) is 3.90. The van der Waals surface area contributed by atoms with Crippen LogP contribution in [0.25, 0.3) is 0 Å². The molecule has 1 fully saturated rings. The van der Waals surface area contributed by atoms with E-state index in [0.717, 1.165) is 18.2 Å². The molecule has 0 spiro atoms. The van der Waals surface area contributed by atoms with Crippen molar-refractivity contribution in [3.63, 3.8) is 0 Å². The quantitative estimate of drug-likeness (QED) is 0.740. The molecule has 2 aromatic rings. The van der Waals surface area contributed by atoms with Crippen molar-refractivity contribution in [2.75, 3.05) is 20.2 Å². The molecule has 0 amide bonds. The second-order valence-corrected chi connectivity index (χ2v) is 7.29. The zero-order valence-corrected chi connectivity index (χ0v) is 15.2. The third-order valence-electron chi connectivity index (χ3n) is 5.21. The predicted molar refractivity (Wildman–Crippen MR) is 101 cm³/mol. The molecule has 2 aromatic carbocycles. The van der Waals surface area contributed by atoms with Crippen molar-refractivity contribution in [2.45, 2.75) is 39.2 Å². The van der Waals surface area contributed by atoms with E-state index < -0.39 is 0 Å². The van der Waals surface area contributed by atoms with E-state index in [1.54, 1.807) is 7.11 Å². The minimum atomic E-state index is 0.587. The summed E-state index contributed by atoms with van der Waals surface area (Å²) in [6.07, 6.45) is 2.58. The average Bonchev–Trinajstić information content (AvgIpc) is 3.01. The molecule has 2 nitrogen and oxygen atoms in total. The van der Waals surface area contributed by atoms with Gasteiger partial charge in [-0.1, -0.05) is 48.9 Å². The van der Waals surface area contributed by atoms with Crippen LogP contribution < -0.4 is 4.74 Å². The SMILES string of the molecule is COc1cccc([C@@H](C)C[C@H]2CCN(Cc3cccc(C)c3)C2)c1. The highest BCUT2D eigenvalue weighted by atomic mass is 16.5. The zero-order valence-electron chi connectivity index (χ0n) is 15.2. The molecule has 0 bridgehead atoms. The number of ether oxygens (including phenoxy) is 1. The number of nitrogens with zero attached hydrogens (tertiary/aromatic N) is 1. The summed E-state index contributed by atoms with van der Waals surface area (Å²) in [6.45, 7) is 8.06. The van der Waals surface area contributed by atoms with E-state index in [4.69, 9.17) is 4.74 Å². The van der Waals surface area contributed by atoms with E-state index in [1.807, 2.05) is 6.07 Å². The van der Waals surface area contributed by atoms with Gasteiger partial charge < -0.3 is 4.74 Å². The molecule has 0 unspecified atom stereocenters. The van der Waals surface area contributed by atoms with Crippen molar-refractivity contribution in [2.24, 2.45) is 5.92 Å². The van der Waals surface area contributed by atoms with E-state index in [1.165, 1.54) is 42.6 Å². The highest BCUT2D eigenvalue weighted by molar-refractivity contribution is 5.30. The molecule has 2 heteroatoms. The lowest BCUT2D eigenvalue weighted by Gasteiger charge is -2.19. The molecule has 1 saturated heterocycles. The van der Waals surface area contributed by atoms with Crippen molar-refractivity contribution in [1.82, 2.24) is 4.90 Å². The van der Waals surface area contributed by atoms with E-state index >= 15 is 0 Å². The molecule has 1 aliphatic heterocycles. The van der Waals surface area contributed by atoms with Crippen LogP contribution in [-0.2, 0) is 6.54 Å². The third-order valence-corrected chi connectivity index (χ3v) is 5.21. The first-order valence-electron chi connectivity index (χ1n) is 9.06. The molecule has 0 radical (unpaired) electrons. The lowest BCUT2D eigenvalue weighted by molar-refractivity contribution is 0.310. The van der Waals surface area contributed by atoms with Crippen molar-refractivity contribution < 1.29 is 4.74 Å². The van der Waals surface area contributed by atoms with Gasteiger partial charge in [0.05, 0.1) is 7.11 Å². The summed E-state index contributed by atoms with van der Waals surface area (Å²) in [5.74, 6) is 2.35. The Balaban J connectivity index is 1.53. The topological polar surface area (TPSA) is 12.5 Å². The molecule has 0 aromatic heterocycles. The standard InChI is InChI=1S/C22H29NO/c1-17-6-4-7-19(12-17)15-23-11-10-20(16-23)13-18(2)21-8-5-9-22(14-21)24-3/h4-9,12,14,18,20H,10-11,13,15-16H2,1-3H3/t18-,20+/m0/s1. The first-order valence-corrected chi connectivity index (χ1v) is 9.06. The van der Waals surface area contributed by atoms with Gasteiger partial charge >= 0.3 is 0 Å². The molecular formula is C22H29NO. The van der Waals surface area contributed by atoms with Crippen molar-refractivity contribution in [3.05, 3.63) is 65.2 Å². The van der Waals surface area contributed by atoms with Gasteiger partial charge in [0.25, 0.3) is 0 Å². The van der Waals surface area contributed by atoms with Crippen molar-refractivity contribution in [3.8, 4) is 5.75 Å². The van der Waals surface area contributed by atoms with Crippen molar-refractivity contribution in [1.29, 1.82) is 0 Å². The molecule has 3 rings (SSSR count). The smallest absolute Gasteiger partial charge is 0.119 e. The van der Waals surface area contributed by atoms with E-state index in [9.17, 15) is 0 Å². The number of hydrogen-bond donors (Lipinski definition) is 0. The van der Waals surface area contributed by atoms with Crippen LogP contribution in [0.1, 0.15) is 42.4 Å². The molecule has 1 heterocycles. The lowest BCUT2D eigenvalue weighted by Crippen LogP contribution is -2.20. The maximum absolute atomic E-state index is 5.36. The number of rotatable bonds is 6. The fraction of sp³-hybridized carbons (Fsp3) is 0.455. The van der Waals surface area contributed by atoms with Gasteiger partial charge in [-0.25, -0.2) is 0 Å². The maximum atomic E-state index is 5.36. The second kappa shape index (κ2) is 7.85. The summed E-state index contributed by atoms with van der Waals surface area (Å²) in [5.41, 5.74) is 4.19. The highest BCUT2D eigenvalue weighted by Crippen LogP contribution is 2.31. The number of methoxy groups -OCH3 is 1. The summed E-state index contributed by atoms with van der Waals surface area (Å²) < 4.78 is 5.36. The minimum absolute atomic E-state index is 0.587. The van der Waals surface area contributed by atoms with Crippen LogP contribution in [0, 0.1) is 12.8 Å². The van der Waals surface area contributed by atoms with Gasteiger partial charge in [-0.2, -0.15) is 0 Å². The van der Waals surface area contributed by atoms with Gasteiger partial charge in [-0.15, -0.1) is 0 Å². The van der Waals surface area contributed by atoms with Crippen LogP contribution in [0.2, 0.25) is 0 Å². The first kappa shape index (κ1) is 17.0. The summed E-state index contributed by atoms with van der Waals surface area (Å²) in [7, 11) is 1.74. The molecule has 0 saturated carbocycles. The van der Waals surface area contributed by atoms with E-state index in [0.29, 0.717) is 5.92 Å². The molecule has 2 atom stereocenters. The Morgan fingerprint density at radius 3 is 2.79 bits per heavy atom. The van der Waals surface area contributed by atoms with Gasteiger partial charge in [0.15, 0.2) is 0 Å². The Bertz CT molecular complexity index is 667. The zero-order chi connectivity index (χ0) is 16.9. The van der Waals surface area contributed by atoms with Crippen LogP contribution in [0.5, 0.6) is 5.75 Å². The Morgan fingerprint density at radius 2 is 2.00 bits per heavy atom. The van der Waals surface area contributed by atoms with Gasteiger partial charge in [-0.05, 0) is 61.4 Å². The average molecular weight is 323 g/mol. The Labute approximate surface area is 146 Å². The van der Waals surface area contributed by atoms with Gasteiger partial charge in [0, 0.05) is 13.1 Å². The van der Waals surface area contributed by atoms with E-state index in [-0.39, 0.29) is 0 Å². The Morgan fingerprint density at radius 1 is 1.17 bits per heavy atom. The van der Waals surface area contributed by atoms with Crippen LogP contribution in [0.4, 0.5) is 0 Å². The van der Waals surface area contributed by atoms with Crippen LogP contribution in [0.3, 0.4) is 0 Å². The van der Waals surface area contributed by atoms with Crippen molar-refractivity contribution >= 4 is 0 Å². The first-order chi connectivity index (χ1) is 11.6. The Hall–Kier alpha value is -1.80. The molecule has 1 aliphatic rings. The normalized spacial score (nSPS) is 19.4. The molecule has 0 N–H and O–H groups in total. The number of likely N-dealkylation sites (tertiary alicyclic amines) is 1. The number of benzene rings is 2. The lowest BCUT2D eigenvalue weighted by atomic mass is 9.89. The number of hydrogen-bond acceptors (Lipinski definition) is 2. The van der Waals surface area contributed by atoms with Gasteiger partial charge in [-0.3, -0.25) is 4.90 Å². The summed E-state index contributed by atoms with van der Waals surface area (Å²) in [5, 5.41) is 0. The van der Waals surface area contributed by atoms with Crippen LogP contribution >= 0.6 is 0 Å². The maximum Gasteiger partial charge on any atom is 0.119 e. The summed E-state index contributed by atoms with van der Waals surface area (Å²) >= 11 is 0. The second-order valence-electron chi connectivity index (χ2n) is 7.29. The largest absolute Gasteiger partial charge is 0.497 e. The third kappa shape index (κ3) is 4.39. The Kier molecular flexibility index (Phi) is 5.57. The fourth-order valence-electron chi connectivity index (χ4n) is 3.90. The van der Waals surface area contributed by atoms with Crippen LogP contribution in [0.15, 0.2) is 48.5 Å². The predicted octanol–water partition coefficient (Wildman–Crippen LogP) is 5.02. The minimum Gasteiger partial charge on any atom is -0.497 e. The van der Waals surface area contributed by atoms with Gasteiger partial charge in [0.2, 0.25) is 0 Å². The summed E-state index contributed by atoms with van der Waals surface area (Å²) in [6, 6.07) is 17.4. The molecule has 128 valence electrons. The van der Waals surface area contributed by atoms with Gasteiger partial charge in [0.1, 0.15) is 5.75 Å². The highest BCUT2D eigenvalue weighted by Gasteiger charge is 2.24. The van der Waals surface area contributed by atoms with E-state index in [2.05, 4.69) is 61.2 Å². The molecular weight excluding hydrogens is 294 g/mol. The monoisotopic (exact) mass is 323 g/mol. The molecule has 0 aliphatic carbocycles. The molecule has 24 heavy (non-hydrogen) atoms. The number of aryl methyl sites for hydroxylation is 1. The summed E-state index contributed by atoms with van der Waals surface area (Å²) in [4.78, 5) is 2.61. The van der Waals surface area contributed by atoms with Crippen LogP contribution in [-0.4, -0.2) is 25.1 Å².